The number of hydrogen-bond donors (Lipinski definition) is 2. The van der Waals surface area contributed by atoms with Gasteiger partial charge in [0.25, 0.3) is 0 Å². The summed E-state index contributed by atoms with van der Waals surface area (Å²) in [5.41, 5.74) is -1.37. The normalized spacial score (nSPS) is 34.9. The van der Waals surface area contributed by atoms with Crippen LogP contribution in [-0.2, 0) is 4.79 Å². The smallest absolute Gasteiger partial charge is 0.309 e. The van der Waals surface area contributed by atoms with Crippen molar-refractivity contribution in [2.24, 2.45) is 11.3 Å². The van der Waals surface area contributed by atoms with Gasteiger partial charge in [-0.1, -0.05) is 32.6 Å². The molecular weight excluding hydrogens is 240 g/mol. The van der Waals surface area contributed by atoms with E-state index in [1.165, 1.54) is 6.42 Å². The van der Waals surface area contributed by atoms with Crippen molar-refractivity contribution in [1.29, 1.82) is 0 Å². The summed E-state index contributed by atoms with van der Waals surface area (Å²) in [6.45, 7) is 2.19. The summed E-state index contributed by atoms with van der Waals surface area (Å²) in [6.07, 6.45) is 10.0. The maximum atomic E-state index is 11.8. The Kier molecular flexibility index (Phi) is 4.54. The molecule has 0 heterocycles. The summed E-state index contributed by atoms with van der Waals surface area (Å²) >= 11 is 0. The van der Waals surface area contributed by atoms with Crippen LogP contribution in [-0.4, -0.2) is 21.8 Å². The summed E-state index contributed by atoms with van der Waals surface area (Å²) in [7, 11) is 0. The van der Waals surface area contributed by atoms with E-state index in [1.807, 2.05) is 0 Å². The first kappa shape index (κ1) is 14.8. The SMILES string of the molecule is CCC1CCC(CC2(O)CCCCC2)(C(=O)O)CC1. The largest absolute Gasteiger partial charge is 0.481 e. The van der Waals surface area contributed by atoms with Gasteiger partial charge in [0.1, 0.15) is 0 Å². The molecule has 2 N–H and O–H groups in total. The molecule has 0 radical (unpaired) electrons. The summed E-state index contributed by atoms with van der Waals surface area (Å²) in [5.74, 6) is 0.00882. The molecule has 2 aliphatic carbocycles. The summed E-state index contributed by atoms with van der Waals surface area (Å²) in [5, 5.41) is 20.4. The minimum absolute atomic E-state index is 0.478. The maximum absolute atomic E-state index is 11.8. The molecule has 2 saturated carbocycles. The Morgan fingerprint density at radius 3 is 2.16 bits per heavy atom. The molecule has 2 fully saturated rings. The highest BCUT2D eigenvalue weighted by Crippen LogP contribution is 2.48. The number of carboxylic acids is 1. The zero-order valence-corrected chi connectivity index (χ0v) is 12.2. The Morgan fingerprint density at radius 1 is 1.11 bits per heavy atom. The lowest BCUT2D eigenvalue weighted by molar-refractivity contribution is -0.158. The van der Waals surface area contributed by atoms with Gasteiger partial charge in [-0.05, 0) is 50.9 Å². The minimum Gasteiger partial charge on any atom is -0.481 e. The van der Waals surface area contributed by atoms with Crippen LogP contribution in [0.3, 0.4) is 0 Å². The molecular formula is C16H28O3. The topological polar surface area (TPSA) is 57.5 Å². The van der Waals surface area contributed by atoms with Gasteiger partial charge in [-0.2, -0.15) is 0 Å². The van der Waals surface area contributed by atoms with E-state index in [-0.39, 0.29) is 0 Å². The molecule has 0 atom stereocenters. The lowest BCUT2D eigenvalue weighted by Gasteiger charge is -2.43. The van der Waals surface area contributed by atoms with Crippen molar-refractivity contribution in [2.75, 3.05) is 0 Å². The molecule has 0 spiro atoms. The second-order valence-electron chi connectivity index (χ2n) is 6.90. The van der Waals surface area contributed by atoms with E-state index in [9.17, 15) is 15.0 Å². The molecule has 0 saturated heterocycles. The average molecular weight is 268 g/mol. The van der Waals surface area contributed by atoms with Crippen LogP contribution in [0.4, 0.5) is 0 Å². The van der Waals surface area contributed by atoms with E-state index in [0.29, 0.717) is 12.3 Å². The van der Waals surface area contributed by atoms with Crippen molar-refractivity contribution in [3.63, 3.8) is 0 Å². The molecule has 0 aromatic rings. The van der Waals surface area contributed by atoms with Crippen molar-refractivity contribution >= 4 is 5.97 Å². The van der Waals surface area contributed by atoms with Gasteiger partial charge in [-0.3, -0.25) is 4.79 Å². The first-order valence-corrected chi connectivity index (χ1v) is 7.95. The van der Waals surface area contributed by atoms with Gasteiger partial charge in [0.15, 0.2) is 0 Å². The van der Waals surface area contributed by atoms with Crippen molar-refractivity contribution in [3.8, 4) is 0 Å². The molecule has 110 valence electrons. The molecule has 0 unspecified atom stereocenters. The highest BCUT2D eigenvalue weighted by atomic mass is 16.4. The number of hydrogen-bond acceptors (Lipinski definition) is 2. The van der Waals surface area contributed by atoms with Gasteiger partial charge in [0.05, 0.1) is 11.0 Å². The highest BCUT2D eigenvalue weighted by molar-refractivity contribution is 5.75. The Labute approximate surface area is 116 Å². The Morgan fingerprint density at radius 2 is 1.68 bits per heavy atom. The van der Waals surface area contributed by atoms with Crippen LogP contribution in [0, 0.1) is 11.3 Å². The minimum atomic E-state index is -0.713. The van der Waals surface area contributed by atoms with Crippen LogP contribution in [0.15, 0.2) is 0 Å². The van der Waals surface area contributed by atoms with E-state index in [2.05, 4.69) is 6.92 Å². The predicted molar refractivity (Wildman–Crippen MR) is 75.0 cm³/mol. The molecule has 0 aromatic heterocycles. The second-order valence-corrected chi connectivity index (χ2v) is 6.90. The predicted octanol–water partition coefficient (Wildman–Crippen LogP) is 3.74. The van der Waals surface area contributed by atoms with Crippen molar-refractivity contribution in [2.45, 2.75) is 83.2 Å². The summed E-state index contributed by atoms with van der Waals surface area (Å²) in [6, 6.07) is 0. The molecule has 0 bridgehead atoms. The van der Waals surface area contributed by atoms with Gasteiger partial charge < -0.3 is 10.2 Å². The van der Waals surface area contributed by atoms with Gasteiger partial charge in [0, 0.05) is 0 Å². The fourth-order valence-corrected chi connectivity index (χ4v) is 4.12. The van der Waals surface area contributed by atoms with E-state index >= 15 is 0 Å². The third kappa shape index (κ3) is 3.31. The monoisotopic (exact) mass is 268 g/mol. The van der Waals surface area contributed by atoms with Gasteiger partial charge in [0.2, 0.25) is 0 Å². The first-order chi connectivity index (χ1) is 9.00. The van der Waals surface area contributed by atoms with E-state index in [4.69, 9.17) is 0 Å². The van der Waals surface area contributed by atoms with E-state index < -0.39 is 17.0 Å². The van der Waals surface area contributed by atoms with Gasteiger partial charge in [-0.15, -0.1) is 0 Å². The molecule has 0 amide bonds. The van der Waals surface area contributed by atoms with Crippen molar-refractivity contribution in [3.05, 3.63) is 0 Å². The van der Waals surface area contributed by atoms with Crippen LogP contribution in [0.1, 0.15) is 77.6 Å². The molecule has 2 rings (SSSR count). The number of aliphatic hydroxyl groups is 1. The third-order valence-electron chi connectivity index (χ3n) is 5.55. The number of rotatable bonds is 4. The Balaban J connectivity index is 2.06. The Hall–Kier alpha value is -0.570. The number of aliphatic carboxylic acids is 1. The summed E-state index contributed by atoms with van der Waals surface area (Å²) in [4.78, 5) is 11.8. The van der Waals surface area contributed by atoms with Crippen LogP contribution in [0.5, 0.6) is 0 Å². The first-order valence-electron chi connectivity index (χ1n) is 7.95. The number of carbonyl (C=O) groups is 1. The quantitative estimate of drug-likeness (QED) is 0.816. The second kappa shape index (κ2) is 5.82. The van der Waals surface area contributed by atoms with Crippen LogP contribution < -0.4 is 0 Å². The molecule has 19 heavy (non-hydrogen) atoms. The molecule has 0 aromatic carbocycles. The van der Waals surface area contributed by atoms with E-state index in [1.54, 1.807) is 0 Å². The maximum Gasteiger partial charge on any atom is 0.309 e. The Bertz CT molecular complexity index is 310. The van der Waals surface area contributed by atoms with Crippen molar-refractivity contribution in [1.82, 2.24) is 0 Å². The zero-order chi connectivity index (χ0) is 13.9. The highest BCUT2D eigenvalue weighted by Gasteiger charge is 2.47. The van der Waals surface area contributed by atoms with Crippen LogP contribution >= 0.6 is 0 Å². The molecule has 2 aliphatic rings. The fourth-order valence-electron chi connectivity index (χ4n) is 4.12. The lowest BCUT2D eigenvalue weighted by Crippen LogP contribution is -2.44. The fraction of sp³-hybridized carbons (Fsp3) is 0.938. The van der Waals surface area contributed by atoms with E-state index in [0.717, 1.165) is 57.8 Å². The molecule has 0 aliphatic heterocycles. The molecule has 3 heteroatoms. The third-order valence-corrected chi connectivity index (χ3v) is 5.55. The van der Waals surface area contributed by atoms with Gasteiger partial charge in [-0.25, -0.2) is 0 Å². The van der Waals surface area contributed by atoms with Crippen molar-refractivity contribution < 1.29 is 15.0 Å². The van der Waals surface area contributed by atoms with Crippen LogP contribution in [0.2, 0.25) is 0 Å². The molecule has 3 nitrogen and oxygen atoms in total. The van der Waals surface area contributed by atoms with Gasteiger partial charge >= 0.3 is 5.97 Å². The lowest BCUT2D eigenvalue weighted by atomic mass is 9.63. The van der Waals surface area contributed by atoms with Crippen LogP contribution in [0.25, 0.3) is 0 Å². The summed E-state index contributed by atoms with van der Waals surface area (Å²) < 4.78 is 0. The average Bonchev–Trinajstić information content (AvgIpc) is 2.39. The zero-order valence-electron chi connectivity index (χ0n) is 12.2. The standard InChI is InChI=1S/C16H28O3/c1-2-13-6-10-15(11-7-13,14(17)18)12-16(19)8-4-3-5-9-16/h13,19H,2-12H2,1H3,(H,17,18). The number of carboxylic acid groups (broad SMARTS) is 1.